The molecule has 0 bridgehead atoms. The fourth-order valence-electron chi connectivity index (χ4n) is 7.03. The summed E-state index contributed by atoms with van der Waals surface area (Å²) in [6.45, 7) is 4.71. The predicted molar refractivity (Wildman–Crippen MR) is 97.5 cm³/mol. The molecule has 0 heterocycles. The van der Waals surface area contributed by atoms with Crippen LogP contribution < -0.4 is 0 Å². The second-order valence-electron chi connectivity index (χ2n) is 9.52. The molecule has 27 heavy (non-hydrogen) atoms. The second kappa shape index (κ2) is 5.69. The minimum Gasteiger partial charge on any atom is -0.381 e. The topological polar surface area (TPSA) is 71.4 Å². The zero-order valence-electron chi connectivity index (χ0n) is 16.1. The molecule has 4 aliphatic carbocycles. The molecule has 0 unspecified atom stereocenters. The van der Waals surface area contributed by atoms with Crippen molar-refractivity contribution in [3.8, 4) is 0 Å². The number of aliphatic hydroxyl groups is 1. The standard InChI is InChI=1S/C22H27FO4/c1-12-8-14-15-5-7-22(27,18(26)11-23)21(15,3)10-17(25)19(14)20(2)6-4-13(24)9-16(12)20/h4,6,9,12,14-15,19,27H,5,7-8,10-11H2,1-3H3/t12-,14-,15-,19+,20-,21-,22-/m0/s1. The minimum atomic E-state index is -1.76. The van der Waals surface area contributed by atoms with Gasteiger partial charge < -0.3 is 5.11 Å². The second-order valence-corrected chi connectivity index (χ2v) is 9.52. The average molecular weight is 374 g/mol. The number of carbonyl (C=O) groups excluding carboxylic acids is 3. The Hall–Kier alpha value is -1.62. The van der Waals surface area contributed by atoms with E-state index in [0.717, 1.165) is 12.0 Å². The molecule has 3 fully saturated rings. The molecule has 0 aromatic rings. The number of Topliss-reactive ketones (excluding diaryl/α,β-unsaturated/α-hetero) is 2. The predicted octanol–water partition coefficient (Wildman–Crippen LogP) is 2.99. The molecule has 0 aliphatic heterocycles. The first kappa shape index (κ1) is 18.7. The number of rotatable bonds is 2. The molecular formula is C22H27FO4. The fraction of sp³-hybridized carbons (Fsp3) is 0.682. The molecule has 4 rings (SSSR count). The molecule has 0 amide bonds. The Morgan fingerprint density at radius 1 is 1.33 bits per heavy atom. The molecule has 1 N–H and O–H groups in total. The number of hydrogen-bond donors (Lipinski definition) is 1. The van der Waals surface area contributed by atoms with Crippen molar-refractivity contribution in [2.75, 3.05) is 6.67 Å². The zero-order chi connectivity index (χ0) is 19.8. The number of alkyl halides is 1. The van der Waals surface area contributed by atoms with Crippen molar-refractivity contribution in [1.29, 1.82) is 0 Å². The number of hydrogen-bond acceptors (Lipinski definition) is 4. The van der Waals surface area contributed by atoms with Crippen LogP contribution in [0.4, 0.5) is 4.39 Å². The van der Waals surface area contributed by atoms with Crippen LogP contribution in [0.1, 0.15) is 46.5 Å². The minimum absolute atomic E-state index is 0.00690. The van der Waals surface area contributed by atoms with Crippen molar-refractivity contribution in [3.05, 3.63) is 23.8 Å². The van der Waals surface area contributed by atoms with Gasteiger partial charge in [0.2, 0.25) is 0 Å². The zero-order valence-corrected chi connectivity index (χ0v) is 16.1. The van der Waals surface area contributed by atoms with Crippen LogP contribution in [0, 0.1) is 34.5 Å². The van der Waals surface area contributed by atoms with Crippen LogP contribution in [0.25, 0.3) is 0 Å². The van der Waals surface area contributed by atoms with E-state index in [1.54, 1.807) is 19.1 Å². The van der Waals surface area contributed by atoms with Gasteiger partial charge in [-0.2, -0.15) is 0 Å². The summed E-state index contributed by atoms with van der Waals surface area (Å²) in [4.78, 5) is 37.5. The SMILES string of the molecule is C[C@H]1C[C@@H]2[C@H](C(=O)C[C@@]3(C)[C@H]2CC[C@]3(O)C(=O)CF)[C@@]2(C)C=CC(=O)C=C12. The van der Waals surface area contributed by atoms with Gasteiger partial charge in [-0.05, 0) is 49.2 Å². The lowest BCUT2D eigenvalue weighted by molar-refractivity contribution is -0.168. The maximum atomic E-state index is 13.4. The third-order valence-corrected chi connectivity index (χ3v) is 8.31. The molecule has 0 spiro atoms. The average Bonchev–Trinajstić information content (AvgIpc) is 2.87. The van der Waals surface area contributed by atoms with Crippen molar-refractivity contribution in [2.45, 2.75) is 52.1 Å². The summed E-state index contributed by atoms with van der Waals surface area (Å²) >= 11 is 0. The quantitative estimate of drug-likeness (QED) is 0.807. The van der Waals surface area contributed by atoms with Crippen LogP contribution in [-0.4, -0.2) is 34.7 Å². The lowest BCUT2D eigenvalue weighted by Crippen LogP contribution is -2.61. The van der Waals surface area contributed by atoms with Gasteiger partial charge in [0.05, 0.1) is 0 Å². The van der Waals surface area contributed by atoms with E-state index in [1.165, 1.54) is 0 Å². The van der Waals surface area contributed by atoms with Gasteiger partial charge in [-0.15, -0.1) is 0 Å². The van der Waals surface area contributed by atoms with Gasteiger partial charge >= 0.3 is 0 Å². The van der Waals surface area contributed by atoms with Crippen LogP contribution in [0.5, 0.6) is 0 Å². The maximum absolute atomic E-state index is 13.4. The molecule has 4 aliphatic rings. The molecule has 0 aromatic heterocycles. The lowest BCUT2D eigenvalue weighted by Gasteiger charge is -2.58. The molecule has 0 aromatic carbocycles. The number of allylic oxidation sites excluding steroid dienone is 4. The van der Waals surface area contributed by atoms with E-state index in [2.05, 4.69) is 6.92 Å². The van der Waals surface area contributed by atoms with Crippen LogP contribution in [0.3, 0.4) is 0 Å². The van der Waals surface area contributed by atoms with Crippen molar-refractivity contribution < 1.29 is 23.9 Å². The number of ketones is 3. The van der Waals surface area contributed by atoms with E-state index in [-0.39, 0.29) is 48.1 Å². The third kappa shape index (κ3) is 2.21. The van der Waals surface area contributed by atoms with Crippen molar-refractivity contribution in [2.24, 2.45) is 34.5 Å². The van der Waals surface area contributed by atoms with Crippen molar-refractivity contribution in [3.63, 3.8) is 0 Å². The summed E-state index contributed by atoms with van der Waals surface area (Å²) in [5.74, 6) is -0.913. The molecule has 7 atom stereocenters. The van der Waals surface area contributed by atoms with Crippen LogP contribution in [0.15, 0.2) is 23.8 Å². The monoisotopic (exact) mass is 374 g/mol. The largest absolute Gasteiger partial charge is 0.381 e. The van der Waals surface area contributed by atoms with E-state index < -0.39 is 28.9 Å². The van der Waals surface area contributed by atoms with Crippen molar-refractivity contribution >= 4 is 17.3 Å². The van der Waals surface area contributed by atoms with E-state index >= 15 is 0 Å². The highest BCUT2D eigenvalue weighted by Crippen LogP contribution is 2.66. The van der Waals surface area contributed by atoms with Crippen LogP contribution in [-0.2, 0) is 14.4 Å². The number of fused-ring (bicyclic) bond motifs is 5. The van der Waals surface area contributed by atoms with Crippen molar-refractivity contribution in [1.82, 2.24) is 0 Å². The van der Waals surface area contributed by atoms with Gasteiger partial charge in [0.1, 0.15) is 11.4 Å². The highest BCUT2D eigenvalue weighted by atomic mass is 19.1. The van der Waals surface area contributed by atoms with Gasteiger partial charge in [0.25, 0.3) is 0 Å². The van der Waals surface area contributed by atoms with E-state index in [4.69, 9.17) is 0 Å². The molecule has 5 heteroatoms. The van der Waals surface area contributed by atoms with E-state index in [1.807, 2.05) is 13.0 Å². The Labute approximate surface area is 158 Å². The normalized spacial score (nSPS) is 48.6. The summed E-state index contributed by atoms with van der Waals surface area (Å²) in [6.07, 6.45) is 6.79. The Morgan fingerprint density at radius 2 is 2.04 bits per heavy atom. The Bertz CT molecular complexity index is 798. The first-order chi connectivity index (χ1) is 12.6. The highest BCUT2D eigenvalue weighted by Gasteiger charge is 2.68. The first-order valence-electron chi connectivity index (χ1n) is 9.88. The molecular weight excluding hydrogens is 347 g/mol. The van der Waals surface area contributed by atoms with Gasteiger partial charge in [0.15, 0.2) is 18.2 Å². The molecule has 0 radical (unpaired) electrons. The van der Waals surface area contributed by atoms with Gasteiger partial charge in [-0.25, -0.2) is 4.39 Å². The molecule has 4 nitrogen and oxygen atoms in total. The lowest BCUT2D eigenvalue weighted by atomic mass is 9.45. The number of halogens is 1. The van der Waals surface area contributed by atoms with Crippen LogP contribution in [0.2, 0.25) is 0 Å². The summed E-state index contributed by atoms with van der Waals surface area (Å²) in [5, 5.41) is 11.1. The summed E-state index contributed by atoms with van der Waals surface area (Å²) in [7, 11) is 0. The fourth-order valence-corrected chi connectivity index (χ4v) is 7.03. The summed E-state index contributed by atoms with van der Waals surface area (Å²) in [6, 6.07) is 0. The summed E-state index contributed by atoms with van der Waals surface area (Å²) < 4.78 is 13.2. The third-order valence-electron chi connectivity index (χ3n) is 8.31. The Kier molecular flexibility index (Phi) is 3.95. The Morgan fingerprint density at radius 3 is 2.70 bits per heavy atom. The smallest absolute Gasteiger partial charge is 0.195 e. The number of carbonyl (C=O) groups is 3. The van der Waals surface area contributed by atoms with Gasteiger partial charge in [-0.3, -0.25) is 14.4 Å². The Balaban J connectivity index is 1.79. The maximum Gasteiger partial charge on any atom is 0.195 e. The summed E-state index contributed by atoms with van der Waals surface area (Å²) in [5.41, 5.74) is -2.16. The molecule has 146 valence electrons. The van der Waals surface area contributed by atoms with E-state index in [0.29, 0.717) is 6.42 Å². The van der Waals surface area contributed by atoms with Gasteiger partial charge in [0, 0.05) is 23.2 Å². The van der Waals surface area contributed by atoms with Crippen LogP contribution >= 0.6 is 0 Å². The van der Waals surface area contributed by atoms with Gasteiger partial charge in [-0.1, -0.05) is 32.4 Å². The highest BCUT2D eigenvalue weighted by molar-refractivity contribution is 6.02. The molecule has 0 saturated heterocycles. The molecule has 3 saturated carbocycles. The first-order valence-corrected chi connectivity index (χ1v) is 9.88. The van der Waals surface area contributed by atoms with E-state index in [9.17, 15) is 23.9 Å².